The van der Waals surface area contributed by atoms with E-state index < -0.39 is 0 Å². The predicted octanol–water partition coefficient (Wildman–Crippen LogP) is -4.53. The van der Waals surface area contributed by atoms with E-state index in [0.29, 0.717) is 11.8 Å². The molecule has 0 heterocycles. The fourth-order valence-corrected chi connectivity index (χ4v) is 2.18. The Kier molecular flexibility index (Phi) is 10.8. The maximum absolute atomic E-state index is 5.73. The summed E-state index contributed by atoms with van der Waals surface area (Å²) in [7, 11) is 0. The monoisotopic (exact) mass is 430 g/mol. The van der Waals surface area contributed by atoms with E-state index >= 15 is 0 Å². The Morgan fingerprint density at radius 1 is 0.636 bits per heavy atom. The highest BCUT2D eigenvalue weighted by molar-refractivity contribution is 5.95. The van der Waals surface area contributed by atoms with E-state index in [1.165, 1.54) is 22.3 Å². The summed E-state index contributed by atoms with van der Waals surface area (Å²) in [5.74, 6) is 0.870. The van der Waals surface area contributed by atoms with Gasteiger partial charge in [-0.1, -0.05) is 34.4 Å². The minimum atomic E-state index is 0. The summed E-state index contributed by atoms with van der Waals surface area (Å²) in [5.41, 5.74) is 7.43. The molecule has 2 atom stereocenters. The molecule has 2 rings (SSSR count). The van der Waals surface area contributed by atoms with Crippen molar-refractivity contribution in [2.24, 2.45) is 11.8 Å². The minimum Gasteiger partial charge on any atom is -1.00 e. The highest BCUT2D eigenvalue weighted by Crippen LogP contribution is 2.20. The van der Waals surface area contributed by atoms with Gasteiger partial charge in [-0.2, -0.15) is 0 Å². The van der Waals surface area contributed by atoms with E-state index in [-0.39, 0.29) is 34.0 Å². The van der Waals surface area contributed by atoms with Crippen molar-refractivity contribution in [1.82, 2.24) is 0 Å². The molecule has 2 aliphatic carbocycles. The second-order valence-electron chi connectivity index (χ2n) is 5.84. The third-order valence-electron chi connectivity index (χ3n) is 4.59. The first-order valence-electron chi connectivity index (χ1n) is 7.21. The first-order chi connectivity index (χ1) is 9.25. The van der Waals surface area contributed by atoms with Gasteiger partial charge in [-0.05, 0) is 41.5 Å². The zero-order valence-corrected chi connectivity index (χ0v) is 17.5. The molecule has 0 aliphatic heterocycles. The van der Waals surface area contributed by atoms with Crippen molar-refractivity contribution in [3.05, 3.63) is 46.6 Å². The average Bonchev–Trinajstić information content (AvgIpc) is 2.43. The van der Waals surface area contributed by atoms with Crippen molar-refractivity contribution in [3.63, 3.8) is 0 Å². The predicted molar refractivity (Wildman–Crippen MR) is 87.2 cm³/mol. The largest absolute Gasteiger partial charge is 1.00 e. The highest BCUT2D eigenvalue weighted by atomic mass is 79.9. The van der Waals surface area contributed by atoms with Gasteiger partial charge in [0.1, 0.15) is 0 Å². The van der Waals surface area contributed by atoms with E-state index in [1.807, 2.05) is 12.2 Å². The molecule has 0 amide bonds. The lowest BCUT2D eigenvalue weighted by Crippen LogP contribution is -3.00. The Hall–Kier alpha value is -0.740. The van der Waals surface area contributed by atoms with E-state index in [2.05, 4.69) is 53.7 Å². The zero-order valence-electron chi connectivity index (χ0n) is 14.4. The molecule has 0 bridgehead atoms. The number of allylic oxidation sites excluding steroid dienone is 8. The van der Waals surface area contributed by atoms with Crippen molar-refractivity contribution in [3.8, 4) is 0 Å². The number of hydrogen-bond donors (Lipinski definition) is 2. The summed E-state index contributed by atoms with van der Waals surface area (Å²) in [6, 6.07) is 0. The Morgan fingerprint density at radius 3 is 1.14 bits per heavy atom. The lowest BCUT2D eigenvalue weighted by Gasteiger charge is -2.13. The molecule has 0 saturated carbocycles. The fraction of sp³-hybridized carbons (Fsp3) is 0.444. The van der Waals surface area contributed by atoms with Crippen LogP contribution in [0.25, 0.3) is 0 Å². The Bertz CT molecular complexity index is 501. The maximum Gasteiger partial charge on any atom is 0.179 e. The minimum absolute atomic E-state index is 0. The molecule has 124 valence electrons. The lowest BCUT2D eigenvalue weighted by molar-refractivity contribution is -0.117. The lowest BCUT2D eigenvalue weighted by atomic mass is 9.89. The molecule has 2 aliphatic rings. The van der Waals surface area contributed by atoms with Gasteiger partial charge in [-0.15, -0.1) is 0 Å². The summed E-state index contributed by atoms with van der Waals surface area (Å²) in [4.78, 5) is 0. The number of nitrogens with two attached hydrogens (primary N) is 2. The molecule has 0 spiro atoms. The van der Waals surface area contributed by atoms with Crippen molar-refractivity contribution >= 4 is 11.4 Å². The van der Waals surface area contributed by atoms with Crippen LogP contribution in [-0.2, 0) is 0 Å². The Morgan fingerprint density at radius 2 is 0.909 bits per heavy atom. The first kappa shape index (κ1) is 23.5. The molecule has 0 aromatic carbocycles. The average molecular weight is 432 g/mol. The van der Waals surface area contributed by atoms with Crippen LogP contribution < -0.4 is 44.8 Å². The van der Waals surface area contributed by atoms with Gasteiger partial charge in [-0.25, -0.2) is 0 Å². The second kappa shape index (κ2) is 10.1. The molecule has 0 fully saturated rings. The smallest absolute Gasteiger partial charge is 0.179 e. The van der Waals surface area contributed by atoms with Gasteiger partial charge < -0.3 is 34.0 Å². The van der Waals surface area contributed by atoms with Gasteiger partial charge in [0.25, 0.3) is 0 Å². The van der Waals surface area contributed by atoms with E-state index in [9.17, 15) is 0 Å². The standard InChI is InChI=1S/2C9H13N.2BrH/c2*1-6-4-5-9(10)8(3)7(6)2;;/h2*4-5,8,10H,1-3H3;2*1H. The van der Waals surface area contributed by atoms with Crippen LogP contribution in [0.15, 0.2) is 46.6 Å². The van der Waals surface area contributed by atoms with Crippen LogP contribution in [-0.4, -0.2) is 11.4 Å². The van der Waals surface area contributed by atoms with Crippen LogP contribution in [0, 0.1) is 11.8 Å². The van der Waals surface area contributed by atoms with Crippen LogP contribution in [0.4, 0.5) is 0 Å². The van der Waals surface area contributed by atoms with Crippen LogP contribution in [0.3, 0.4) is 0 Å². The number of hydrogen-bond acceptors (Lipinski definition) is 0. The van der Waals surface area contributed by atoms with Crippen molar-refractivity contribution in [2.75, 3.05) is 0 Å². The van der Waals surface area contributed by atoms with Gasteiger partial charge in [0, 0.05) is 12.2 Å². The summed E-state index contributed by atoms with van der Waals surface area (Å²) >= 11 is 0. The molecule has 4 N–H and O–H groups in total. The number of rotatable bonds is 0. The zero-order chi connectivity index (χ0) is 15.4. The molecule has 2 nitrogen and oxygen atoms in total. The third-order valence-corrected chi connectivity index (χ3v) is 4.59. The molecular formula is C18H28Br2N2. The van der Waals surface area contributed by atoms with Crippen LogP contribution in [0.1, 0.15) is 41.5 Å². The van der Waals surface area contributed by atoms with Gasteiger partial charge in [0.15, 0.2) is 11.4 Å². The molecule has 4 heteroatoms. The topological polar surface area (TPSA) is 51.2 Å². The second-order valence-corrected chi connectivity index (χ2v) is 5.84. The van der Waals surface area contributed by atoms with Crippen molar-refractivity contribution in [2.45, 2.75) is 41.5 Å². The molecule has 0 aromatic heterocycles. The quantitative estimate of drug-likeness (QED) is 0.388. The first-order valence-corrected chi connectivity index (χ1v) is 7.21. The summed E-state index contributed by atoms with van der Waals surface area (Å²) < 4.78 is 0. The van der Waals surface area contributed by atoms with E-state index in [0.717, 1.165) is 11.4 Å². The maximum atomic E-state index is 5.73. The van der Waals surface area contributed by atoms with Gasteiger partial charge in [-0.3, -0.25) is 10.8 Å². The highest BCUT2D eigenvalue weighted by Gasteiger charge is 2.18. The molecule has 22 heavy (non-hydrogen) atoms. The van der Waals surface area contributed by atoms with E-state index in [1.54, 1.807) is 0 Å². The Balaban J connectivity index is 0. The SMILES string of the molecule is CC1=C(C)C(C)C(=[NH2+])C=C1.CC1=C(C)C(C)C(=[NH2+])C=C1.[Br-].[Br-]. The third kappa shape index (κ3) is 5.81. The van der Waals surface area contributed by atoms with Crippen molar-refractivity contribution in [1.29, 1.82) is 0 Å². The van der Waals surface area contributed by atoms with Crippen LogP contribution in [0.2, 0.25) is 0 Å². The van der Waals surface area contributed by atoms with Crippen molar-refractivity contribution < 1.29 is 44.8 Å². The van der Waals surface area contributed by atoms with Gasteiger partial charge in [0.2, 0.25) is 0 Å². The summed E-state index contributed by atoms with van der Waals surface area (Å²) in [6.07, 6.45) is 8.13. The van der Waals surface area contributed by atoms with Crippen LogP contribution in [0.5, 0.6) is 0 Å². The summed E-state index contributed by atoms with van der Waals surface area (Å²) in [5, 5.41) is 11.5. The van der Waals surface area contributed by atoms with Gasteiger partial charge >= 0.3 is 0 Å². The molecule has 0 aromatic rings. The van der Waals surface area contributed by atoms with E-state index in [4.69, 9.17) is 10.8 Å². The molecule has 0 saturated heterocycles. The molecule has 0 radical (unpaired) electrons. The molecular weight excluding hydrogens is 404 g/mol. The number of halogens is 2. The Labute approximate surface area is 156 Å². The van der Waals surface area contributed by atoms with Crippen LogP contribution >= 0.6 is 0 Å². The summed E-state index contributed by atoms with van der Waals surface area (Å²) in [6.45, 7) is 12.8. The van der Waals surface area contributed by atoms with Gasteiger partial charge in [0.05, 0.1) is 11.8 Å². The molecule has 2 unspecified atom stereocenters. The fourth-order valence-electron chi connectivity index (χ4n) is 2.18. The normalized spacial score (nSPS) is 23.5.